The molecule has 4 heteroatoms. The van der Waals surface area contributed by atoms with Crippen LogP contribution in [0.5, 0.6) is 0 Å². The molecule has 22 heavy (non-hydrogen) atoms. The molecule has 0 aliphatic carbocycles. The molecule has 0 unspecified atom stereocenters. The number of hydrogen-bond donors (Lipinski definition) is 1. The molecule has 3 rings (SSSR count). The van der Waals surface area contributed by atoms with E-state index < -0.39 is 0 Å². The monoisotopic (exact) mass is 312 g/mol. The molecule has 1 saturated heterocycles. The molecule has 0 radical (unpaired) electrons. The predicted octanol–water partition coefficient (Wildman–Crippen LogP) is 2.12. The molecule has 1 heterocycles. The number of nitrogens with zero attached hydrogens (tertiary/aromatic N) is 2. The Bertz CT molecular complexity index is 670. The summed E-state index contributed by atoms with van der Waals surface area (Å²) in [7, 11) is 0. The maximum atomic E-state index is 9.31. The average Bonchev–Trinajstić information content (AvgIpc) is 2.56. The highest BCUT2D eigenvalue weighted by Crippen LogP contribution is 2.26. The second-order valence-electron chi connectivity index (χ2n) is 5.65. The summed E-state index contributed by atoms with van der Waals surface area (Å²) in [5.74, 6) is 0. The molecular weight excluding hydrogens is 294 g/mol. The zero-order valence-corrected chi connectivity index (χ0v) is 13.2. The standard InChI is InChI=1S/C18H18ClN3/c19-17-7-4-8-18(16(17)13-20)22-11-9-21(10-12-22)14-15-5-2-1-3-6-15/h1-8H,9-12,14H2/p+1. The van der Waals surface area contributed by atoms with Gasteiger partial charge in [0, 0.05) is 5.56 Å². The van der Waals surface area contributed by atoms with Crippen molar-refractivity contribution in [2.24, 2.45) is 0 Å². The average molecular weight is 313 g/mol. The SMILES string of the molecule is N#Cc1c(Cl)cccc1N1CC[NH+](Cc2ccccc2)CC1. The van der Waals surface area contributed by atoms with Gasteiger partial charge in [0.1, 0.15) is 12.6 Å². The number of quaternary nitrogens is 1. The zero-order valence-electron chi connectivity index (χ0n) is 12.4. The normalized spacial score (nSPS) is 15.5. The third-order valence-corrected chi connectivity index (χ3v) is 4.53. The van der Waals surface area contributed by atoms with Crippen LogP contribution in [0.3, 0.4) is 0 Å². The molecule has 112 valence electrons. The summed E-state index contributed by atoms with van der Waals surface area (Å²) in [4.78, 5) is 3.86. The molecular formula is C18H19ClN3+. The van der Waals surface area contributed by atoms with E-state index in [9.17, 15) is 5.26 Å². The fourth-order valence-corrected chi connectivity index (χ4v) is 3.22. The highest BCUT2D eigenvalue weighted by atomic mass is 35.5. The molecule has 0 saturated carbocycles. The maximum absolute atomic E-state index is 9.31. The first-order valence-electron chi connectivity index (χ1n) is 7.59. The van der Waals surface area contributed by atoms with Gasteiger partial charge in [0.25, 0.3) is 0 Å². The van der Waals surface area contributed by atoms with E-state index in [1.165, 1.54) is 5.56 Å². The van der Waals surface area contributed by atoms with Crippen LogP contribution in [0.25, 0.3) is 0 Å². The summed E-state index contributed by atoms with van der Waals surface area (Å²) in [6, 6.07) is 18.5. The summed E-state index contributed by atoms with van der Waals surface area (Å²) in [6.07, 6.45) is 0. The van der Waals surface area contributed by atoms with Crippen LogP contribution in [0.2, 0.25) is 5.02 Å². The van der Waals surface area contributed by atoms with Crippen LogP contribution in [-0.4, -0.2) is 26.2 Å². The Morgan fingerprint density at radius 3 is 2.45 bits per heavy atom. The maximum Gasteiger partial charge on any atom is 0.103 e. The van der Waals surface area contributed by atoms with Gasteiger partial charge in [0.05, 0.1) is 42.5 Å². The highest BCUT2D eigenvalue weighted by molar-refractivity contribution is 6.32. The number of rotatable bonds is 3. The molecule has 0 aromatic heterocycles. The number of nitrogens with one attached hydrogen (secondary N) is 1. The Morgan fingerprint density at radius 2 is 1.77 bits per heavy atom. The number of hydrogen-bond acceptors (Lipinski definition) is 2. The third kappa shape index (κ3) is 3.24. The van der Waals surface area contributed by atoms with Crippen LogP contribution in [0.15, 0.2) is 48.5 Å². The van der Waals surface area contributed by atoms with Crippen molar-refractivity contribution in [1.29, 1.82) is 5.26 Å². The van der Waals surface area contributed by atoms with Gasteiger partial charge in [-0.1, -0.05) is 48.0 Å². The van der Waals surface area contributed by atoms with Gasteiger partial charge in [-0.2, -0.15) is 5.26 Å². The molecule has 0 spiro atoms. The molecule has 0 bridgehead atoms. The lowest BCUT2D eigenvalue weighted by molar-refractivity contribution is -0.914. The Morgan fingerprint density at radius 1 is 1.05 bits per heavy atom. The smallest absolute Gasteiger partial charge is 0.103 e. The van der Waals surface area contributed by atoms with Crippen molar-refractivity contribution in [1.82, 2.24) is 0 Å². The van der Waals surface area contributed by atoms with Crippen LogP contribution in [0.4, 0.5) is 5.69 Å². The molecule has 1 N–H and O–H groups in total. The number of benzene rings is 2. The van der Waals surface area contributed by atoms with Gasteiger partial charge in [0.15, 0.2) is 0 Å². The molecule has 1 fully saturated rings. The first-order chi connectivity index (χ1) is 10.8. The first kappa shape index (κ1) is 14.9. The Labute approximate surface area is 136 Å². The summed E-state index contributed by atoms with van der Waals surface area (Å²) in [6.45, 7) is 5.13. The highest BCUT2D eigenvalue weighted by Gasteiger charge is 2.22. The molecule has 0 atom stereocenters. The van der Waals surface area contributed by atoms with Crippen molar-refractivity contribution in [2.45, 2.75) is 6.54 Å². The van der Waals surface area contributed by atoms with Crippen molar-refractivity contribution < 1.29 is 4.90 Å². The lowest BCUT2D eigenvalue weighted by Gasteiger charge is -2.34. The number of nitriles is 1. The number of halogens is 1. The van der Waals surface area contributed by atoms with Gasteiger partial charge in [-0.05, 0) is 12.1 Å². The molecule has 2 aromatic carbocycles. The van der Waals surface area contributed by atoms with E-state index in [0.717, 1.165) is 38.4 Å². The third-order valence-electron chi connectivity index (χ3n) is 4.21. The van der Waals surface area contributed by atoms with E-state index in [0.29, 0.717) is 10.6 Å². The zero-order chi connectivity index (χ0) is 15.4. The quantitative estimate of drug-likeness (QED) is 0.941. The van der Waals surface area contributed by atoms with E-state index in [1.807, 2.05) is 12.1 Å². The fraction of sp³-hybridized carbons (Fsp3) is 0.278. The second kappa shape index (κ2) is 6.83. The fourth-order valence-electron chi connectivity index (χ4n) is 3.01. The summed E-state index contributed by atoms with van der Waals surface area (Å²) in [5.41, 5.74) is 2.94. The molecule has 1 aliphatic rings. The summed E-state index contributed by atoms with van der Waals surface area (Å²) < 4.78 is 0. The van der Waals surface area contributed by atoms with Crippen LogP contribution in [0.1, 0.15) is 11.1 Å². The van der Waals surface area contributed by atoms with Gasteiger partial charge in [-0.15, -0.1) is 0 Å². The predicted molar refractivity (Wildman–Crippen MR) is 89.2 cm³/mol. The van der Waals surface area contributed by atoms with Crippen LogP contribution in [0, 0.1) is 11.3 Å². The molecule has 3 nitrogen and oxygen atoms in total. The van der Waals surface area contributed by atoms with E-state index in [-0.39, 0.29) is 0 Å². The lowest BCUT2D eigenvalue weighted by atomic mass is 10.1. The Balaban J connectivity index is 1.65. The van der Waals surface area contributed by atoms with E-state index in [4.69, 9.17) is 11.6 Å². The van der Waals surface area contributed by atoms with Crippen LogP contribution in [-0.2, 0) is 6.54 Å². The van der Waals surface area contributed by atoms with Crippen LogP contribution < -0.4 is 9.80 Å². The van der Waals surface area contributed by atoms with E-state index in [1.54, 1.807) is 11.0 Å². The van der Waals surface area contributed by atoms with Crippen molar-refractivity contribution >= 4 is 17.3 Å². The number of piperazine rings is 1. The van der Waals surface area contributed by atoms with Gasteiger partial charge in [-0.3, -0.25) is 0 Å². The lowest BCUT2D eigenvalue weighted by Crippen LogP contribution is -3.13. The van der Waals surface area contributed by atoms with Crippen molar-refractivity contribution in [3.63, 3.8) is 0 Å². The molecule has 2 aromatic rings. The number of anilines is 1. The minimum absolute atomic E-state index is 0.541. The Hall–Kier alpha value is -2.02. The minimum Gasteiger partial charge on any atom is -0.359 e. The largest absolute Gasteiger partial charge is 0.359 e. The molecule has 0 amide bonds. The van der Waals surface area contributed by atoms with Crippen molar-refractivity contribution in [3.8, 4) is 6.07 Å². The summed E-state index contributed by atoms with van der Waals surface area (Å²) >= 11 is 6.13. The topological polar surface area (TPSA) is 31.5 Å². The van der Waals surface area contributed by atoms with Gasteiger partial charge in [-0.25, -0.2) is 0 Å². The minimum atomic E-state index is 0.541. The van der Waals surface area contributed by atoms with Gasteiger partial charge < -0.3 is 9.80 Å². The molecule has 1 aliphatic heterocycles. The summed E-state index contributed by atoms with van der Waals surface area (Å²) in [5, 5.41) is 9.85. The van der Waals surface area contributed by atoms with Crippen LogP contribution >= 0.6 is 11.6 Å². The van der Waals surface area contributed by atoms with Gasteiger partial charge in [0.2, 0.25) is 0 Å². The van der Waals surface area contributed by atoms with E-state index in [2.05, 4.69) is 41.3 Å². The van der Waals surface area contributed by atoms with Gasteiger partial charge >= 0.3 is 0 Å². The van der Waals surface area contributed by atoms with E-state index >= 15 is 0 Å². The van der Waals surface area contributed by atoms with Crippen molar-refractivity contribution in [3.05, 3.63) is 64.7 Å². The first-order valence-corrected chi connectivity index (χ1v) is 7.97. The Kier molecular flexibility index (Phi) is 4.62. The van der Waals surface area contributed by atoms with Crippen molar-refractivity contribution in [2.75, 3.05) is 31.1 Å². The second-order valence-corrected chi connectivity index (χ2v) is 6.05.